The van der Waals surface area contributed by atoms with Crippen LogP contribution in [0, 0.1) is 0 Å². The molecule has 0 bridgehead atoms. The topological polar surface area (TPSA) is 57.2 Å². The third-order valence-corrected chi connectivity index (χ3v) is 14.8. The van der Waals surface area contributed by atoms with Gasteiger partial charge in [0.15, 0.2) is 30.7 Å². The molecule has 0 rings (SSSR count). The van der Waals surface area contributed by atoms with Crippen molar-refractivity contribution in [2.24, 2.45) is 0 Å². The predicted octanol–water partition coefficient (Wildman–Crippen LogP) is 4.78. The normalized spacial score (nSPS) is 16.6. The molecule has 0 fully saturated rings. The lowest BCUT2D eigenvalue weighted by molar-refractivity contribution is -0.152. The van der Waals surface area contributed by atoms with Crippen LogP contribution < -0.4 is 0 Å². The molecule has 0 radical (unpaired) electrons. The van der Waals surface area contributed by atoms with Crippen LogP contribution in [0.2, 0.25) is 65.0 Å². The molecular formula is C16H40O5Si4. The van der Waals surface area contributed by atoms with Gasteiger partial charge in [-0.05, 0) is 78.3 Å². The third kappa shape index (κ3) is 13.3. The molecule has 25 heavy (non-hydrogen) atoms. The van der Waals surface area contributed by atoms with Crippen molar-refractivity contribution in [3.63, 3.8) is 0 Å². The monoisotopic (exact) mass is 424 g/mol. The Morgan fingerprint density at radius 3 is 1.48 bits per heavy atom. The number of aliphatic hydroxyl groups is 1. The van der Waals surface area contributed by atoms with Gasteiger partial charge >= 0.3 is 8.80 Å². The molecule has 1 N–H and O–H groups in total. The average Bonchev–Trinajstić information content (AvgIpc) is 2.28. The van der Waals surface area contributed by atoms with E-state index < -0.39 is 39.5 Å². The molecule has 0 saturated carbocycles. The lowest BCUT2D eigenvalue weighted by atomic mass is 10.3. The van der Waals surface area contributed by atoms with Gasteiger partial charge in [0.25, 0.3) is 0 Å². The summed E-state index contributed by atoms with van der Waals surface area (Å²) in [5.74, 6) is -1.30. The van der Waals surface area contributed by atoms with E-state index in [-0.39, 0.29) is 0 Å². The summed E-state index contributed by atoms with van der Waals surface area (Å²) in [7, 11) is -8.35. The van der Waals surface area contributed by atoms with Crippen LogP contribution in [0.5, 0.6) is 0 Å². The molecule has 0 aromatic heterocycles. The number of hydrogen-bond donors (Lipinski definition) is 1. The van der Waals surface area contributed by atoms with E-state index in [1.807, 2.05) is 0 Å². The molecule has 0 aliphatic rings. The summed E-state index contributed by atoms with van der Waals surface area (Å²) in [6.45, 7) is 25.2. The van der Waals surface area contributed by atoms with Gasteiger partial charge in [0.1, 0.15) is 0 Å². The first kappa shape index (κ1) is 25.4. The van der Waals surface area contributed by atoms with Crippen molar-refractivity contribution in [3.8, 4) is 0 Å². The smallest absolute Gasteiger partial charge is 0.417 e. The Balaban J connectivity index is 5.33. The summed E-state index contributed by atoms with van der Waals surface area (Å²) in [5.41, 5.74) is 0. The van der Waals surface area contributed by atoms with Crippen molar-refractivity contribution < 1.29 is 22.2 Å². The van der Waals surface area contributed by atoms with E-state index in [0.717, 1.165) is 6.42 Å². The maximum atomic E-state index is 9.91. The minimum atomic E-state index is -2.81. The SMILES string of the molecule is C=C[C@](C)(O)OCCC[Si](O[Si](C)(C)C)(O[Si](C)(C)C)O[Si](C)(C)C. The van der Waals surface area contributed by atoms with Crippen LogP contribution in [0.3, 0.4) is 0 Å². The Bertz CT molecular complexity index is 381. The molecule has 9 heteroatoms. The van der Waals surface area contributed by atoms with Crippen molar-refractivity contribution >= 4 is 33.8 Å². The molecule has 0 aliphatic carbocycles. The minimum absolute atomic E-state index is 0.410. The summed E-state index contributed by atoms with van der Waals surface area (Å²) >= 11 is 0. The van der Waals surface area contributed by atoms with Crippen LogP contribution in [0.4, 0.5) is 0 Å². The van der Waals surface area contributed by atoms with E-state index in [1.165, 1.54) is 6.08 Å². The van der Waals surface area contributed by atoms with Crippen molar-refractivity contribution in [1.29, 1.82) is 0 Å². The summed E-state index contributed by atoms with van der Waals surface area (Å²) in [6.07, 6.45) is 2.11. The molecule has 150 valence electrons. The first-order valence-electron chi connectivity index (χ1n) is 8.99. The quantitative estimate of drug-likeness (QED) is 0.211. The van der Waals surface area contributed by atoms with Gasteiger partial charge in [0.05, 0.1) is 6.61 Å². The second-order valence-corrected chi connectivity index (χ2v) is 26.5. The standard InChI is InChI=1S/C16H40O5Si4/c1-12-16(2,17)18-14-13-15-25(19-22(3,4)5,20-23(6,7)8)21-24(9,10)11/h12,17H,1,13-15H2,2-11H3/t16-/m1/s1. The highest BCUT2D eigenvalue weighted by atomic mass is 28.5. The zero-order chi connectivity index (χ0) is 20.2. The Labute approximate surface area is 159 Å². The van der Waals surface area contributed by atoms with E-state index in [4.69, 9.17) is 17.1 Å². The summed E-state index contributed by atoms with van der Waals surface area (Å²) in [5, 5.41) is 9.91. The fraction of sp³-hybridized carbons (Fsp3) is 0.875. The van der Waals surface area contributed by atoms with Gasteiger partial charge < -0.3 is 22.2 Å². The Kier molecular flexibility index (Phi) is 9.21. The van der Waals surface area contributed by atoms with Gasteiger partial charge in [-0.3, -0.25) is 0 Å². The highest BCUT2D eigenvalue weighted by molar-refractivity contribution is 6.90. The zero-order valence-corrected chi connectivity index (χ0v) is 22.0. The number of rotatable bonds is 12. The largest absolute Gasteiger partial charge is 0.469 e. The van der Waals surface area contributed by atoms with Gasteiger partial charge in [0.2, 0.25) is 0 Å². The first-order valence-corrected chi connectivity index (χ1v) is 21.1. The molecule has 0 unspecified atom stereocenters. The van der Waals surface area contributed by atoms with Crippen LogP contribution in [-0.4, -0.2) is 51.3 Å². The molecule has 0 heterocycles. The first-order chi connectivity index (χ1) is 10.9. The maximum Gasteiger partial charge on any atom is 0.469 e. The molecular weight excluding hydrogens is 385 g/mol. The number of ether oxygens (including phenoxy) is 1. The van der Waals surface area contributed by atoms with Crippen LogP contribution in [0.1, 0.15) is 13.3 Å². The Hall–Kier alpha value is 0.408. The fourth-order valence-corrected chi connectivity index (χ4v) is 16.9. The van der Waals surface area contributed by atoms with E-state index in [0.29, 0.717) is 12.7 Å². The maximum absolute atomic E-state index is 9.91. The average molecular weight is 425 g/mol. The van der Waals surface area contributed by atoms with Gasteiger partial charge in [-0.25, -0.2) is 0 Å². The highest BCUT2D eigenvalue weighted by Gasteiger charge is 2.49. The van der Waals surface area contributed by atoms with Crippen LogP contribution in [0.25, 0.3) is 0 Å². The van der Waals surface area contributed by atoms with Gasteiger partial charge in [0, 0.05) is 6.04 Å². The highest BCUT2D eigenvalue weighted by Crippen LogP contribution is 2.30. The molecule has 5 nitrogen and oxygen atoms in total. The van der Waals surface area contributed by atoms with Gasteiger partial charge in [-0.15, -0.1) is 0 Å². The Morgan fingerprint density at radius 2 is 1.20 bits per heavy atom. The minimum Gasteiger partial charge on any atom is -0.417 e. The molecule has 0 aromatic carbocycles. The van der Waals surface area contributed by atoms with Crippen molar-refractivity contribution in [2.75, 3.05) is 6.61 Å². The number of hydrogen-bond acceptors (Lipinski definition) is 5. The van der Waals surface area contributed by atoms with Crippen LogP contribution in [-0.2, 0) is 17.1 Å². The lowest BCUT2D eigenvalue weighted by Crippen LogP contribution is -2.60. The van der Waals surface area contributed by atoms with Crippen molar-refractivity contribution in [3.05, 3.63) is 12.7 Å². The summed E-state index contributed by atoms with van der Waals surface area (Å²) in [4.78, 5) is 0. The van der Waals surface area contributed by atoms with E-state index in [2.05, 4.69) is 65.5 Å². The molecule has 0 amide bonds. The van der Waals surface area contributed by atoms with E-state index >= 15 is 0 Å². The van der Waals surface area contributed by atoms with Gasteiger partial charge in [-0.1, -0.05) is 6.58 Å². The molecule has 0 saturated heterocycles. The van der Waals surface area contributed by atoms with Crippen molar-refractivity contribution in [1.82, 2.24) is 0 Å². The molecule has 1 atom stereocenters. The third-order valence-electron chi connectivity index (χ3n) is 2.79. The molecule has 0 aliphatic heterocycles. The summed E-state index contributed by atoms with van der Waals surface area (Å²) in [6, 6.07) is 0.707. The summed E-state index contributed by atoms with van der Waals surface area (Å²) < 4.78 is 25.3. The second kappa shape index (κ2) is 9.07. The molecule has 0 aromatic rings. The van der Waals surface area contributed by atoms with Gasteiger partial charge in [-0.2, -0.15) is 0 Å². The second-order valence-electron chi connectivity index (χ2n) is 9.54. The zero-order valence-electron chi connectivity index (χ0n) is 18.0. The van der Waals surface area contributed by atoms with Crippen LogP contribution >= 0.6 is 0 Å². The van der Waals surface area contributed by atoms with Crippen molar-refractivity contribution in [2.45, 2.75) is 84.1 Å². The van der Waals surface area contributed by atoms with Crippen LogP contribution in [0.15, 0.2) is 12.7 Å². The fourth-order valence-electron chi connectivity index (χ4n) is 2.24. The lowest BCUT2D eigenvalue weighted by Gasteiger charge is -2.43. The van der Waals surface area contributed by atoms with E-state index in [9.17, 15) is 5.11 Å². The Morgan fingerprint density at radius 1 is 0.840 bits per heavy atom. The predicted molar refractivity (Wildman–Crippen MR) is 115 cm³/mol. The molecule has 0 spiro atoms. The van der Waals surface area contributed by atoms with E-state index in [1.54, 1.807) is 6.92 Å².